The summed E-state index contributed by atoms with van der Waals surface area (Å²) in [6, 6.07) is 8.57. The van der Waals surface area contributed by atoms with Gasteiger partial charge in [-0.05, 0) is 30.3 Å². The summed E-state index contributed by atoms with van der Waals surface area (Å²) in [5.74, 6) is -0.0560. The lowest BCUT2D eigenvalue weighted by Crippen LogP contribution is -2.12. The highest BCUT2D eigenvalue weighted by molar-refractivity contribution is 5.64. The van der Waals surface area contributed by atoms with Crippen LogP contribution in [0.2, 0.25) is 0 Å². The summed E-state index contributed by atoms with van der Waals surface area (Å²) in [5.41, 5.74) is 5.98. The number of anilines is 3. The van der Waals surface area contributed by atoms with Crippen molar-refractivity contribution in [1.82, 2.24) is 4.98 Å². The molecule has 0 atom stereocenters. The van der Waals surface area contributed by atoms with E-state index in [-0.39, 0.29) is 17.3 Å². The lowest BCUT2D eigenvalue weighted by atomic mass is 10.3. The van der Waals surface area contributed by atoms with Gasteiger partial charge in [0.05, 0.1) is 4.92 Å². The highest BCUT2D eigenvalue weighted by atomic mass is 19.1. The van der Waals surface area contributed by atoms with E-state index in [0.717, 1.165) is 0 Å². The van der Waals surface area contributed by atoms with Crippen molar-refractivity contribution >= 4 is 23.0 Å². The molecular formula is C12H11FN4O2. The number of nitrogen functional groups attached to an aromatic ring is 1. The number of benzene rings is 1. The van der Waals surface area contributed by atoms with Crippen molar-refractivity contribution in [2.24, 2.45) is 0 Å². The minimum Gasteiger partial charge on any atom is -0.378 e. The maximum Gasteiger partial charge on any atom is 0.311 e. The Kier molecular flexibility index (Phi) is 3.28. The largest absolute Gasteiger partial charge is 0.378 e. The number of nitro groups is 1. The zero-order valence-electron chi connectivity index (χ0n) is 10.1. The van der Waals surface area contributed by atoms with Crippen LogP contribution >= 0.6 is 0 Å². The Labute approximate surface area is 108 Å². The van der Waals surface area contributed by atoms with Gasteiger partial charge >= 0.3 is 5.69 Å². The monoisotopic (exact) mass is 262 g/mol. The van der Waals surface area contributed by atoms with Crippen LogP contribution in [0.1, 0.15) is 0 Å². The zero-order valence-corrected chi connectivity index (χ0v) is 10.1. The Morgan fingerprint density at radius 1 is 1.26 bits per heavy atom. The first-order valence-electron chi connectivity index (χ1n) is 5.39. The van der Waals surface area contributed by atoms with E-state index in [4.69, 9.17) is 5.73 Å². The molecule has 0 spiro atoms. The third kappa shape index (κ3) is 2.59. The number of rotatable bonds is 3. The number of halogens is 1. The third-order valence-electron chi connectivity index (χ3n) is 2.64. The molecule has 0 radical (unpaired) electrons. The molecule has 6 nitrogen and oxygen atoms in total. The van der Waals surface area contributed by atoms with Crippen LogP contribution in [0.25, 0.3) is 0 Å². The van der Waals surface area contributed by atoms with Crippen molar-refractivity contribution in [3.8, 4) is 0 Å². The Balaban J connectivity index is 2.34. The fourth-order valence-corrected chi connectivity index (χ4v) is 1.59. The Morgan fingerprint density at radius 3 is 2.42 bits per heavy atom. The van der Waals surface area contributed by atoms with E-state index in [2.05, 4.69) is 4.98 Å². The molecule has 7 heteroatoms. The summed E-state index contributed by atoms with van der Waals surface area (Å²) in [6.07, 6.45) is 0. The molecule has 1 aromatic carbocycles. The van der Waals surface area contributed by atoms with Gasteiger partial charge in [-0.3, -0.25) is 10.1 Å². The fourth-order valence-electron chi connectivity index (χ4n) is 1.59. The van der Waals surface area contributed by atoms with E-state index in [0.29, 0.717) is 11.5 Å². The van der Waals surface area contributed by atoms with Crippen molar-refractivity contribution in [2.75, 3.05) is 17.7 Å². The van der Waals surface area contributed by atoms with Crippen LogP contribution in [0, 0.1) is 15.9 Å². The standard InChI is InChI=1S/C12H11FN4O2/c1-16(9-4-2-8(13)3-5-9)11-7-6-10(17(18)19)12(14)15-11/h2-7H,1H3,(H2,14,15). The summed E-state index contributed by atoms with van der Waals surface area (Å²) < 4.78 is 12.8. The highest BCUT2D eigenvalue weighted by Crippen LogP contribution is 2.26. The van der Waals surface area contributed by atoms with Crippen LogP contribution in [0.3, 0.4) is 0 Å². The van der Waals surface area contributed by atoms with Crippen molar-refractivity contribution in [3.63, 3.8) is 0 Å². The molecule has 98 valence electrons. The minimum absolute atomic E-state index is 0.156. The Bertz CT molecular complexity index is 616. The summed E-state index contributed by atoms with van der Waals surface area (Å²) >= 11 is 0. The average molecular weight is 262 g/mol. The van der Waals surface area contributed by atoms with E-state index in [1.54, 1.807) is 24.1 Å². The zero-order chi connectivity index (χ0) is 14.0. The SMILES string of the molecule is CN(c1ccc(F)cc1)c1ccc([N+](=O)[O-])c(N)n1. The van der Waals surface area contributed by atoms with Crippen molar-refractivity contribution in [2.45, 2.75) is 0 Å². The van der Waals surface area contributed by atoms with E-state index in [9.17, 15) is 14.5 Å². The predicted molar refractivity (Wildman–Crippen MR) is 69.8 cm³/mol. The number of pyridine rings is 1. The van der Waals surface area contributed by atoms with Gasteiger partial charge in [0.15, 0.2) is 0 Å². The smallest absolute Gasteiger partial charge is 0.311 e. The van der Waals surface area contributed by atoms with Crippen molar-refractivity contribution in [3.05, 3.63) is 52.3 Å². The molecule has 2 N–H and O–H groups in total. The van der Waals surface area contributed by atoms with Gasteiger partial charge in [0, 0.05) is 18.8 Å². The molecule has 1 aromatic heterocycles. The van der Waals surface area contributed by atoms with Crippen LogP contribution in [-0.4, -0.2) is 17.0 Å². The van der Waals surface area contributed by atoms with Crippen LogP contribution in [0.15, 0.2) is 36.4 Å². The molecule has 0 fully saturated rings. The lowest BCUT2D eigenvalue weighted by molar-refractivity contribution is -0.384. The van der Waals surface area contributed by atoms with E-state index < -0.39 is 4.92 Å². The molecular weight excluding hydrogens is 251 g/mol. The summed E-state index contributed by atoms with van der Waals surface area (Å²) in [5, 5.41) is 10.6. The van der Waals surface area contributed by atoms with Gasteiger partial charge in [-0.25, -0.2) is 9.37 Å². The fraction of sp³-hybridized carbons (Fsp3) is 0.0833. The molecule has 2 rings (SSSR count). The normalized spacial score (nSPS) is 10.2. The second-order valence-corrected chi connectivity index (χ2v) is 3.87. The first-order valence-corrected chi connectivity index (χ1v) is 5.39. The van der Waals surface area contributed by atoms with E-state index in [1.165, 1.54) is 24.3 Å². The molecule has 0 bridgehead atoms. The molecule has 0 aliphatic rings. The second kappa shape index (κ2) is 4.89. The average Bonchev–Trinajstić information content (AvgIpc) is 2.38. The molecule has 2 aromatic rings. The Hall–Kier alpha value is -2.70. The molecule has 0 amide bonds. The quantitative estimate of drug-likeness (QED) is 0.678. The summed E-state index contributed by atoms with van der Waals surface area (Å²) in [6.45, 7) is 0. The predicted octanol–water partition coefficient (Wildman–Crippen LogP) is 2.48. The molecule has 0 saturated carbocycles. The van der Waals surface area contributed by atoms with Crippen LogP contribution in [-0.2, 0) is 0 Å². The number of nitrogens with zero attached hydrogens (tertiary/aromatic N) is 3. The van der Waals surface area contributed by atoms with Gasteiger partial charge in [-0.2, -0.15) is 0 Å². The molecule has 0 aliphatic heterocycles. The van der Waals surface area contributed by atoms with E-state index in [1.807, 2.05) is 0 Å². The molecule has 19 heavy (non-hydrogen) atoms. The minimum atomic E-state index is -0.593. The molecule has 0 saturated heterocycles. The maximum absolute atomic E-state index is 12.8. The van der Waals surface area contributed by atoms with E-state index >= 15 is 0 Å². The number of hydrogen-bond donors (Lipinski definition) is 1. The van der Waals surface area contributed by atoms with Gasteiger partial charge in [0.25, 0.3) is 0 Å². The number of nitrogens with two attached hydrogens (primary N) is 1. The summed E-state index contributed by atoms with van der Waals surface area (Å²) in [4.78, 5) is 15.7. The van der Waals surface area contributed by atoms with Gasteiger partial charge in [0.2, 0.25) is 5.82 Å². The molecule has 1 heterocycles. The summed E-state index contributed by atoms with van der Waals surface area (Å²) in [7, 11) is 1.71. The second-order valence-electron chi connectivity index (χ2n) is 3.87. The maximum atomic E-state index is 12.8. The van der Waals surface area contributed by atoms with Crippen LogP contribution in [0.5, 0.6) is 0 Å². The topological polar surface area (TPSA) is 85.3 Å². The third-order valence-corrected chi connectivity index (χ3v) is 2.64. The Morgan fingerprint density at radius 2 is 1.89 bits per heavy atom. The lowest BCUT2D eigenvalue weighted by Gasteiger charge is -2.18. The number of hydrogen-bond acceptors (Lipinski definition) is 5. The molecule has 0 unspecified atom stereocenters. The first-order chi connectivity index (χ1) is 8.99. The molecule has 0 aliphatic carbocycles. The van der Waals surface area contributed by atoms with Crippen LogP contribution in [0.4, 0.5) is 27.4 Å². The van der Waals surface area contributed by atoms with Crippen LogP contribution < -0.4 is 10.6 Å². The first kappa shape index (κ1) is 12.7. The van der Waals surface area contributed by atoms with Gasteiger partial charge in [-0.15, -0.1) is 0 Å². The van der Waals surface area contributed by atoms with Gasteiger partial charge in [-0.1, -0.05) is 0 Å². The van der Waals surface area contributed by atoms with Crippen molar-refractivity contribution < 1.29 is 9.31 Å². The van der Waals surface area contributed by atoms with Gasteiger partial charge in [0.1, 0.15) is 11.6 Å². The highest BCUT2D eigenvalue weighted by Gasteiger charge is 2.15. The van der Waals surface area contributed by atoms with Crippen molar-refractivity contribution in [1.29, 1.82) is 0 Å². The number of aromatic nitrogens is 1. The van der Waals surface area contributed by atoms with Gasteiger partial charge < -0.3 is 10.6 Å².